The van der Waals surface area contributed by atoms with Crippen molar-refractivity contribution in [2.24, 2.45) is 5.92 Å². The molecule has 1 aliphatic rings. The number of aliphatic hydroxyl groups excluding tert-OH is 1. The number of carbonyl (C=O) groups excluding carboxylic acids is 1. The lowest BCUT2D eigenvalue weighted by Crippen LogP contribution is -2.41. The van der Waals surface area contributed by atoms with Gasteiger partial charge in [-0.15, -0.1) is 0 Å². The Morgan fingerprint density at radius 3 is 2.86 bits per heavy atom. The summed E-state index contributed by atoms with van der Waals surface area (Å²) in [7, 11) is 1.52. The Balaban J connectivity index is 2.16. The maximum atomic E-state index is 12.5. The second kappa shape index (κ2) is 7.66. The normalized spacial score (nSPS) is 22.4. The second-order valence-corrected chi connectivity index (χ2v) is 5.88. The van der Waals surface area contributed by atoms with E-state index in [2.05, 4.69) is 5.32 Å². The first-order valence-electron chi connectivity index (χ1n) is 7.41. The van der Waals surface area contributed by atoms with Gasteiger partial charge in [0.2, 0.25) is 0 Å². The van der Waals surface area contributed by atoms with E-state index in [0.717, 1.165) is 32.1 Å². The number of benzene rings is 1. The average Bonchev–Trinajstić information content (AvgIpc) is 2.71. The number of hydrogen-bond donors (Lipinski definition) is 2. The smallest absolute Gasteiger partial charge is 0.256 e. The van der Waals surface area contributed by atoms with E-state index in [9.17, 15) is 9.90 Å². The Kier molecular flexibility index (Phi) is 5.88. The summed E-state index contributed by atoms with van der Waals surface area (Å²) in [6.07, 6.45) is 5.16. The molecule has 2 rings (SSSR count). The van der Waals surface area contributed by atoms with Crippen LogP contribution >= 0.6 is 11.6 Å². The van der Waals surface area contributed by atoms with Crippen molar-refractivity contribution >= 4 is 17.5 Å². The molecule has 1 aliphatic carbocycles. The van der Waals surface area contributed by atoms with Gasteiger partial charge in [0.15, 0.2) is 0 Å². The first-order valence-corrected chi connectivity index (χ1v) is 7.79. The van der Waals surface area contributed by atoms with Gasteiger partial charge < -0.3 is 15.2 Å². The molecule has 116 valence electrons. The largest absolute Gasteiger partial charge is 0.496 e. The van der Waals surface area contributed by atoms with Crippen LogP contribution in [0.2, 0.25) is 5.02 Å². The van der Waals surface area contributed by atoms with Gasteiger partial charge in [0.1, 0.15) is 5.75 Å². The molecule has 0 spiro atoms. The van der Waals surface area contributed by atoms with E-state index < -0.39 is 0 Å². The monoisotopic (exact) mass is 311 g/mol. The topological polar surface area (TPSA) is 58.6 Å². The highest BCUT2D eigenvalue weighted by atomic mass is 35.5. The Morgan fingerprint density at radius 1 is 1.38 bits per heavy atom. The summed E-state index contributed by atoms with van der Waals surface area (Å²) in [5, 5.41) is 12.9. The van der Waals surface area contributed by atoms with E-state index in [4.69, 9.17) is 16.3 Å². The fraction of sp³-hybridized carbons (Fsp3) is 0.562. The van der Waals surface area contributed by atoms with E-state index in [0.29, 0.717) is 16.3 Å². The number of carbonyl (C=O) groups is 1. The lowest BCUT2D eigenvalue weighted by molar-refractivity contribution is 0.0896. The molecule has 2 atom stereocenters. The summed E-state index contributed by atoms with van der Waals surface area (Å²) in [4.78, 5) is 12.5. The van der Waals surface area contributed by atoms with E-state index >= 15 is 0 Å². The molecule has 0 saturated heterocycles. The fourth-order valence-electron chi connectivity index (χ4n) is 2.93. The molecule has 1 amide bonds. The van der Waals surface area contributed by atoms with Crippen LogP contribution in [0.25, 0.3) is 0 Å². The summed E-state index contributed by atoms with van der Waals surface area (Å²) in [6, 6.07) is 5.14. The second-order valence-electron chi connectivity index (χ2n) is 5.48. The Bertz CT molecular complexity index is 492. The highest BCUT2D eigenvalue weighted by Crippen LogP contribution is 2.28. The minimum atomic E-state index is -0.234. The van der Waals surface area contributed by atoms with E-state index in [1.807, 2.05) is 0 Å². The number of hydrogen-bond acceptors (Lipinski definition) is 3. The van der Waals surface area contributed by atoms with Crippen LogP contribution < -0.4 is 10.1 Å². The minimum absolute atomic E-state index is 0.00835. The molecule has 0 aliphatic heterocycles. The van der Waals surface area contributed by atoms with E-state index in [1.165, 1.54) is 7.11 Å². The van der Waals surface area contributed by atoms with Gasteiger partial charge in [-0.05, 0) is 25.0 Å². The number of aliphatic hydroxyl groups is 1. The molecular formula is C16H22ClNO3. The maximum Gasteiger partial charge on any atom is 0.256 e. The van der Waals surface area contributed by atoms with Gasteiger partial charge in [-0.2, -0.15) is 0 Å². The molecule has 0 radical (unpaired) electrons. The van der Waals surface area contributed by atoms with Crippen molar-refractivity contribution in [2.75, 3.05) is 13.7 Å². The van der Waals surface area contributed by atoms with Crippen LogP contribution in [0.4, 0.5) is 0 Å². The van der Waals surface area contributed by atoms with Crippen molar-refractivity contribution < 1.29 is 14.6 Å². The van der Waals surface area contributed by atoms with Gasteiger partial charge in [-0.1, -0.05) is 36.9 Å². The van der Waals surface area contributed by atoms with Crippen molar-refractivity contribution in [1.82, 2.24) is 5.32 Å². The van der Waals surface area contributed by atoms with Crippen LogP contribution in [0.15, 0.2) is 18.2 Å². The molecule has 2 N–H and O–H groups in total. The van der Waals surface area contributed by atoms with Crippen molar-refractivity contribution in [1.29, 1.82) is 0 Å². The quantitative estimate of drug-likeness (QED) is 0.840. The van der Waals surface area contributed by atoms with Crippen LogP contribution in [-0.2, 0) is 0 Å². The van der Waals surface area contributed by atoms with Crippen molar-refractivity contribution in [3.05, 3.63) is 28.8 Å². The summed E-state index contributed by atoms with van der Waals surface area (Å²) < 4.78 is 5.22. The van der Waals surface area contributed by atoms with Crippen molar-refractivity contribution in [3.8, 4) is 5.75 Å². The highest BCUT2D eigenvalue weighted by Gasteiger charge is 2.26. The third kappa shape index (κ3) is 3.89. The van der Waals surface area contributed by atoms with Gasteiger partial charge in [-0.3, -0.25) is 4.79 Å². The third-order valence-electron chi connectivity index (χ3n) is 4.13. The lowest BCUT2D eigenvalue weighted by atomic mass is 9.95. The number of rotatable bonds is 4. The Morgan fingerprint density at radius 2 is 2.14 bits per heavy atom. The zero-order valence-corrected chi connectivity index (χ0v) is 13.0. The van der Waals surface area contributed by atoms with Crippen LogP contribution in [0, 0.1) is 5.92 Å². The molecule has 21 heavy (non-hydrogen) atoms. The number of amides is 1. The van der Waals surface area contributed by atoms with Crippen LogP contribution in [0.5, 0.6) is 5.75 Å². The van der Waals surface area contributed by atoms with Crippen LogP contribution in [-0.4, -0.2) is 30.8 Å². The number of nitrogens with one attached hydrogen (secondary N) is 1. The number of ether oxygens (including phenoxy) is 1. The molecule has 0 bridgehead atoms. The third-order valence-corrected chi connectivity index (χ3v) is 4.45. The molecule has 2 unspecified atom stereocenters. The predicted molar refractivity (Wildman–Crippen MR) is 82.9 cm³/mol. The summed E-state index contributed by atoms with van der Waals surface area (Å²) in [5.74, 6) is 0.349. The minimum Gasteiger partial charge on any atom is -0.496 e. The van der Waals surface area contributed by atoms with Crippen LogP contribution in [0.3, 0.4) is 0 Å². The van der Waals surface area contributed by atoms with Crippen molar-refractivity contribution in [2.45, 2.75) is 38.1 Å². The highest BCUT2D eigenvalue weighted by molar-refractivity contribution is 6.34. The Labute approximate surface area is 130 Å². The molecule has 0 heterocycles. The molecule has 0 aromatic heterocycles. The first kappa shape index (κ1) is 16.1. The van der Waals surface area contributed by atoms with Gasteiger partial charge in [0.25, 0.3) is 5.91 Å². The predicted octanol–water partition coefficient (Wildman–Crippen LogP) is 3.02. The molecule has 1 fully saturated rings. The zero-order valence-electron chi connectivity index (χ0n) is 12.3. The van der Waals surface area contributed by atoms with Crippen molar-refractivity contribution in [3.63, 3.8) is 0 Å². The SMILES string of the molecule is COc1cccc(Cl)c1C(=O)NC1CCCCCC1CO. The molecule has 1 saturated carbocycles. The molecule has 1 aromatic rings. The van der Waals surface area contributed by atoms with Gasteiger partial charge in [0.05, 0.1) is 17.7 Å². The zero-order chi connectivity index (χ0) is 15.2. The van der Waals surface area contributed by atoms with Gasteiger partial charge >= 0.3 is 0 Å². The molecule has 4 nitrogen and oxygen atoms in total. The first-order chi connectivity index (χ1) is 10.2. The van der Waals surface area contributed by atoms with Gasteiger partial charge in [0, 0.05) is 18.6 Å². The molecular weight excluding hydrogens is 290 g/mol. The molecule has 5 heteroatoms. The average molecular weight is 312 g/mol. The molecule has 1 aromatic carbocycles. The fourth-order valence-corrected chi connectivity index (χ4v) is 3.18. The summed E-state index contributed by atoms with van der Waals surface area (Å²) >= 11 is 6.13. The number of methoxy groups -OCH3 is 1. The van der Waals surface area contributed by atoms with E-state index in [1.54, 1.807) is 18.2 Å². The standard InChI is InChI=1S/C16H22ClNO3/c1-21-14-9-5-7-12(17)15(14)16(20)18-13-8-4-2-3-6-11(13)10-19/h5,7,9,11,13,19H,2-4,6,8,10H2,1H3,(H,18,20). The van der Waals surface area contributed by atoms with Gasteiger partial charge in [-0.25, -0.2) is 0 Å². The summed E-state index contributed by atoms with van der Waals surface area (Å²) in [5.41, 5.74) is 0.364. The number of halogens is 1. The maximum absolute atomic E-state index is 12.5. The van der Waals surface area contributed by atoms with Crippen LogP contribution in [0.1, 0.15) is 42.5 Å². The lowest BCUT2D eigenvalue weighted by Gasteiger charge is -2.25. The Hall–Kier alpha value is -1.26. The van der Waals surface area contributed by atoms with E-state index in [-0.39, 0.29) is 24.5 Å². The summed E-state index contributed by atoms with van der Waals surface area (Å²) in [6.45, 7) is 0.102.